The molecule has 0 atom stereocenters. The summed E-state index contributed by atoms with van der Waals surface area (Å²) in [5.41, 5.74) is 1.27. The van der Waals surface area contributed by atoms with Gasteiger partial charge in [-0.05, 0) is 31.9 Å². The van der Waals surface area contributed by atoms with Gasteiger partial charge in [-0.15, -0.1) is 0 Å². The van der Waals surface area contributed by atoms with Gasteiger partial charge in [0, 0.05) is 44.3 Å². The highest BCUT2D eigenvalue weighted by Gasteiger charge is 2.31. The second-order valence-electron chi connectivity index (χ2n) is 6.14. The van der Waals surface area contributed by atoms with Gasteiger partial charge in [0.2, 0.25) is 0 Å². The molecule has 2 aliphatic rings. The molecule has 0 radical (unpaired) electrons. The topological polar surface area (TPSA) is 31.7 Å². The first-order chi connectivity index (χ1) is 9.85. The Balaban J connectivity index is 1.41. The average molecular weight is 277 g/mol. The quantitative estimate of drug-likeness (QED) is 0.773. The molecule has 0 amide bonds. The highest BCUT2D eigenvalue weighted by atomic mass is 16.3. The first-order valence-electron chi connectivity index (χ1n) is 8.08. The molecule has 0 spiro atoms. The fourth-order valence-electron chi connectivity index (χ4n) is 2.96. The van der Waals surface area contributed by atoms with Crippen LogP contribution in [0.2, 0.25) is 0 Å². The van der Waals surface area contributed by atoms with Crippen molar-refractivity contribution in [3.05, 3.63) is 23.7 Å². The largest absolute Gasteiger partial charge is 0.468 e. The summed E-state index contributed by atoms with van der Waals surface area (Å²) in [7, 11) is 0. The van der Waals surface area contributed by atoms with E-state index in [0.29, 0.717) is 0 Å². The summed E-state index contributed by atoms with van der Waals surface area (Å²) in [5, 5.41) is 3.41. The Labute approximate surface area is 122 Å². The van der Waals surface area contributed by atoms with Crippen molar-refractivity contribution in [2.75, 3.05) is 32.7 Å². The molecule has 3 rings (SSSR count). The minimum Gasteiger partial charge on any atom is -0.468 e. The Hall–Kier alpha value is -0.840. The van der Waals surface area contributed by atoms with Gasteiger partial charge in [-0.25, -0.2) is 0 Å². The van der Waals surface area contributed by atoms with Crippen LogP contribution in [0.4, 0.5) is 0 Å². The third kappa shape index (κ3) is 3.84. The molecule has 1 N–H and O–H groups in total. The van der Waals surface area contributed by atoms with Gasteiger partial charge in [-0.2, -0.15) is 0 Å². The Morgan fingerprint density at radius 1 is 1.25 bits per heavy atom. The molecule has 1 saturated heterocycles. The fourth-order valence-corrected chi connectivity index (χ4v) is 2.96. The summed E-state index contributed by atoms with van der Waals surface area (Å²) in [6, 6.07) is 3.12. The number of rotatable bonds is 7. The summed E-state index contributed by atoms with van der Waals surface area (Å²) < 4.78 is 5.69. The number of hydrogen-bond donors (Lipinski definition) is 1. The van der Waals surface area contributed by atoms with E-state index in [9.17, 15) is 0 Å². The molecule has 4 heteroatoms. The van der Waals surface area contributed by atoms with Crippen molar-refractivity contribution in [2.24, 2.45) is 0 Å². The van der Waals surface area contributed by atoms with Crippen LogP contribution in [0, 0.1) is 0 Å². The molecule has 1 aromatic heterocycles. The molecular weight excluding hydrogens is 250 g/mol. The van der Waals surface area contributed by atoms with E-state index in [1.54, 1.807) is 0 Å². The molecule has 2 fully saturated rings. The Morgan fingerprint density at radius 2 is 2.05 bits per heavy atom. The van der Waals surface area contributed by atoms with Crippen LogP contribution in [-0.2, 0) is 13.1 Å². The number of furan rings is 1. The van der Waals surface area contributed by atoms with Crippen molar-refractivity contribution in [2.45, 2.75) is 45.3 Å². The van der Waals surface area contributed by atoms with Crippen molar-refractivity contribution in [3.63, 3.8) is 0 Å². The average Bonchev–Trinajstić information content (AvgIpc) is 3.22. The van der Waals surface area contributed by atoms with Gasteiger partial charge in [-0.1, -0.05) is 6.92 Å². The summed E-state index contributed by atoms with van der Waals surface area (Å²) in [6.07, 6.45) is 5.92. The minimum absolute atomic E-state index is 0.914. The molecule has 20 heavy (non-hydrogen) atoms. The first kappa shape index (κ1) is 14.1. The van der Waals surface area contributed by atoms with Crippen molar-refractivity contribution in [1.29, 1.82) is 0 Å². The summed E-state index contributed by atoms with van der Waals surface area (Å²) in [6.45, 7) is 9.98. The SMILES string of the molecule is CCCNCc1coc(CN2CCN(C3CC3)CC2)c1. The van der Waals surface area contributed by atoms with E-state index in [0.717, 1.165) is 31.4 Å². The van der Waals surface area contributed by atoms with E-state index in [4.69, 9.17) is 4.42 Å². The second-order valence-corrected chi connectivity index (χ2v) is 6.14. The molecular formula is C16H27N3O. The van der Waals surface area contributed by atoms with Crippen LogP contribution >= 0.6 is 0 Å². The van der Waals surface area contributed by atoms with Crippen molar-refractivity contribution in [3.8, 4) is 0 Å². The molecule has 1 saturated carbocycles. The minimum atomic E-state index is 0.914. The van der Waals surface area contributed by atoms with Crippen molar-refractivity contribution in [1.82, 2.24) is 15.1 Å². The number of hydrogen-bond acceptors (Lipinski definition) is 4. The lowest BCUT2D eigenvalue weighted by Crippen LogP contribution is -2.46. The van der Waals surface area contributed by atoms with Gasteiger partial charge in [0.05, 0.1) is 12.8 Å². The van der Waals surface area contributed by atoms with Gasteiger partial charge in [0.15, 0.2) is 0 Å². The number of nitrogens with one attached hydrogen (secondary N) is 1. The van der Waals surface area contributed by atoms with Crippen LogP contribution in [0.15, 0.2) is 16.7 Å². The van der Waals surface area contributed by atoms with E-state index in [1.807, 2.05) is 6.26 Å². The van der Waals surface area contributed by atoms with Gasteiger partial charge in [0.25, 0.3) is 0 Å². The zero-order valence-electron chi connectivity index (χ0n) is 12.6. The molecule has 4 nitrogen and oxygen atoms in total. The summed E-state index contributed by atoms with van der Waals surface area (Å²) >= 11 is 0. The molecule has 1 aliphatic carbocycles. The predicted octanol–water partition coefficient (Wildman–Crippen LogP) is 2.06. The van der Waals surface area contributed by atoms with Gasteiger partial charge < -0.3 is 9.73 Å². The monoisotopic (exact) mass is 277 g/mol. The molecule has 1 aliphatic heterocycles. The Morgan fingerprint density at radius 3 is 2.75 bits per heavy atom. The lowest BCUT2D eigenvalue weighted by atomic mass is 10.2. The first-order valence-corrected chi connectivity index (χ1v) is 8.08. The van der Waals surface area contributed by atoms with Crippen LogP contribution in [0.1, 0.15) is 37.5 Å². The highest BCUT2D eigenvalue weighted by molar-refractivity contribution is 5.12. The molecule has 0 bridgehead atoms. The van der Waals surface area contributed by atoms with Gasteiger partial charge in [-0.3, -0.25) is 9.80 Å². The highest BCUT2D eigenvalue weighted by Crippen LogP contribution is 2.27. The lowest BCUT2D eigenvalue weighted by Gasteiger charge is -2.34. The third-order valence-electron chi connectivity index (χ3n) is 4.31. The standard InChI is InChI=1S/C16H27N3O/c1-2-5-17-11-14-10-16(20-13-14)12-18-6-8-19(9-7-18)15-3-4-15/h10,13,15,17H,2-9,11-12H2,1H3. The van der Waals surface area contributed by atoms with E-state index in [1.165, 1.54) is 51.0 Å². The van der Waals surface area contributed by atoms with Crippen molar-refractivity contribution >= 4 is 0 Å². The summed E-state index contributed by atoms with van der Waals surface area (Å²) in [4.78, 5) is 5.17. The predicted molar refractivity (Wildman–Crippen MR) is 80.6 cm³/mol. The van der Waals surface area contributed by atoms with E-state index >= 15 is 0 Å². The maximum absolute atomic E-state index is 5.69. The Bertz CT molecular complexity index is 406. The number of piperazine rings is 1. The zero-order valence-corrected chi connectivity index (χ0v) is 12.6. The second kappa shape index (κ2) is 6.74. The van der Waals surface area contributed by atoms with Crippen LogP contribution in [-0.4, -0.2) is 48.6 Å². The molecule has 2 heterocycles. The zero-order chi connectivity index (χ0) is 13.8. The van der Waals surface area contributed by atoms with Crippen molar-refractivity contribution < 1.29 is 4.42 Å². The number of nitrogens with zero attached hydrogens (tertiary/aromatic N) is 2. The fraction of sp³-hybridized carbons (Fsp3) is 0.750. The lowest BCUT2D eigenvalue weighted by molar-refractivity contribution is 0.115. The molecule has 1 aromatic rings. The normalized spacial score (nSPS) is 21.4. The van der Waals surface area contributed by atoms with E-state index in [-0.39, 0.29) is 0 Å². The van der Waals surface area contributed by atoms with Gasteiger partial charge in [0.1, 0.15) is 5.76 Å². The van der Waals surface area contributed by atoms with Crippen LogP contribution < -0.4 is 5.32 Å². The van der Waals surface area contributed by atoms with E-state index in [2.05, 4.69) is 28.1 Å². The third-order valence-corrected chi connectivity index (χ3v) is 4.31. The van der Waals surface area contributed by atoms with Gasteiger partial charge >= 0.3 is 0 Å². The molecule has 0 unspecified atom stereocenters. The summed E-state index contributed by atoms with van der Waals surface area (Å²) in [5.74, 6) is 1.11. The molecule has 0 aromatic carbocycles. The smallest absolute Gasteiger partial charge is 0.118 e. The van der Waals surface area contributed by atoms with Crippen LogP contribution in [0.5, 0.6) is 0 Å². The molecule has 112 valence electrons. The maximum atomic E-state index is 5.69. The van der Waals surface area contributed by atoms with Crippen LogP contribution in [0.25, 0.3) is 0 Å². The maximum Gasteiger partial charge on any atom is 0.118 e. The Kier molecular flexibility index (Phi) is 4.76. The van der Waals surface area contributed by atoms with Crippen LogP contribution in [0.3, 0.4) is 0 Å². The van der Waals surface area contributed by atoms with E-state index < -0.39 is 0 Å².